The second kappa shape index (κ2) is 3.75. The van der Waals surface area contributed by atoms with Crippen LogP contribution >= 0.6 is 0 Å². The van der Waals surface area contributed by atoms with E-state index in [1.807, 2.05) is 19.1 Å². The lowest BCUT2D eigenvalue weighted by Crippen LogP contribution is -2.09. The van der Waals surface area contributed by atoms with Gasteiger partial charge in [0.05, 0.1) is 0 Å². The molecule has 19 heavy (non-hydrogen) atoms. The number of benzene rings is 3. The van der Waals surface area contributed by atoms with Crippen molar-refractivity contribution in [1.29, 1.82) is 0 Å². The lowest BCUT2D eigenvalue weighted by atomic mass is 9.96. The van der Waals surface area contributed by atoms with E-state index in [2.05, 4.69) is 13.2 Å². The normalized spacial score (nSPS) is 11.2. The third-order valence-corrected chi connectivity index (χ3v) is 3.62. The zero-order chi connectivity index (χ0) is 13.7. The molecule has 0 saturated carbocycles. The number of hydrogen-bond acceptors (Lipinski definition) is 2. The molecule has 0 spiro atoms. The molecule has 0 radical (unpaired) electrons. The van der Waals surface area contributed by atoms with E-state index in [9.17, 15) is 10.2 Å². The third kappa shape index (κ3) is 1.43. The Bertz CT molecular complexity index is 924. The van der Waals surface area contributed by atoms with E-state index >= 15 is 0 Å². The van der Waals surface area contributed by atoms with Gasteiger partial charge in [-0.15, -0.1) is 0 Å². The van der Waals surface area contributed by atoms with Crippen LogP contribution in [0, 0.1) is 6.92 Å². The first kappa shape index (κ1) is 11.6. The Morgan fingerprint density at radius 3 is 2.00 bits per heavy atom. The van der Waals surface area contributed by atoms with Gasteiger partial charge in [-0.3, -0.25) is 0 Å². The smallest absolute Gasteiger partial charge is 0.132 e. The third-order valence-electron chi connectivity index (χ3n) is 3.62. The average Bonchev–Trinajstić information content (AvgIpc) is 2.38. The topological polar surface area (TPSA) is 40.5 Å². The Balaban J connectivity index is 2.83. The minimum Gasteiger partial charge on any atom is -0.507 e. The highest BCUT2D eigenvalue weighted by molar-refractivity contribution is 6.11. The van der Waals surface area contributed by atoms with Crippen molar-refractivity contribution in [2.24, 2.45) is 0 Å². The number of hydrogen-bond donors (Lipinski definition) is 2. The highest BCUT2D eigenvalue weighted by atomic mass is 16.3. The van der Waals surface area contributed by atoms with Crippen LogP contribution in [0.15, 0.2) is 30.3 Å². The maximum absolute atomic E-state index is 10.5. The quantitative estimate of drug-likeness (QED) is 0.475. The van der Waals surface area contributed by atoms with Crippen molar-refractivity contribution in [2.45, 2.75) is 6.92 Å². The fraction of sp³-hybridized carbons (Fsp3) is 0.0588. The molecule has 0 bridgehead atoms. The summed E-state index contributed by atoms with van der Waals surface area (Å²) in [5.74, 6) is 0.318. The number of aromatic hydroxyl groups is 2. The van der Waals surface area contributed by atoms with Crippen molar-refractivity contribution < 1.29 is 10.2 Å². The molecule has 2 heteroatoms. The van der Waals surface area contributed by atoms with Crippen molar-refractivity contribution >= 4 is 34.7 Å². The number of rotatable bonds is 0. The Labute approximate surface area is 110 Å². The van der Waals surface area contributed by atoms with Crippen LogP contribution in [0.4, 0.5) is 0 Å². The van der Waals surface area contributed by atoms with Crippen LogP contribution in [0.25, 0.3) is 34.7 Å². The summed E-state index contributed by atoms with van der Waals surface area (Å²) in [4.78, 5) is 0. The maximum atomic E-state index is 10.5. The van der Waals surface area contributed by atoms with Gasteiger partial charge in [-0.05, 0) is 22.9 Å². The highest BCUT2D eigenvalue weighted by Crippen LogP contribution is 2.39. The minimum atomic E-state index is 0.155. The van der Waals surface area contributed by atoms with E-state index in [0.717, 1.165) is 5.56 Å². The monoisotopic (exact) mass is 250 g/mol. The molecule has 3 rings (SSSR count). The number of aryl methyl sites for hydroxylation is 1. The second-order valence-corrected chi connectivity index (χ2v) is 4.83. The Hall–Kier alpha value is -2.48. The van der Waals surface area contributed by atoms with Gasteiger partial charge in [0.1, 0.15) is 11.5 Å². The largest absolute Gasteiger partial charge is 0.507 e. The summed E-state index contributed by atoms with van der Waals surface area (Å²) < 4.78 is 0. The van der Waals surface area contributed by atoms with Crippen LogP contribution in [-0.2, 0) is 0 Å². The van der Waals surface area contributed by atoms with Gasteiger partial charge in [0.15, 0.2) is 0 Å². The van der Waals surface area contributed by atoms with Gasteiger partial charge < -0.3 is 10.2 Å². The summed E-state index contributed by atoms with van der Waals surface area (Å²) in [5, 5.41) is 24.8. The Morgan fingerprint density at radius 1 is 0.789 bits per heavy atom. The molecular formula is C17H14O2. The highest BCUT2D eigenvalue weighted by Gasteiger charge is 2.15. The molecule has 0 aliphatic heterocycles. The molecule has 0 aliphatic carbocycles. The van der Waals surface area contributed by atoms with Crippen molar-refractivity contribution in [3.05, 3.63) is 46.3 Å². The van der Waals surface area contributed by atoms with Crippen LogP contribution in [0.5, 0.6) is 11.5 Å². The Kier molecular flexibility index (Phi) is 2.29. The first-order valence-corrected chi connectivity index (χ1v) is 6.06. The van der Waals surface area contributed by atoms with E-state index < -0.39 is 0 Å². The molecule has 0 amide bonds. The molecule has 2 nitrogen and oxygen atoms in total. The first-order chi connectivity index (χ1) is 9.02. The van der Waals surface area contributed by atoms with Crippen LogP contribution in [0.3, 0.4) is 0 Å². The summed E-state index contributed by atoms with van der Waals surface area (Å²) >= 11 is 0. The van der Waals surface area contributed by atoms with E-state index in [4.69, 9.17) is 0 Å². The lowest BCUT2D eigenvalue weighted by Gasteiger charge is -2.12. The Morgan fingerprint density at radius 2 is 1.37 bits per heavy atom. The van der Waals surface area contributed by atoms with Crippen molar-refractivity contribution in [2.75, 3.05) is 0 Å². The van der Waals surface area contributed by atoms with Gasteiger partial charge in [-0.1, -0.05) is 43.5 Å². The molecule has 0 heterocycles. The van der Waals surface area contributed by atoms with Crippen molar-refractivity contribution in [3.63, 3.8) is 0 Å². The molecule has 2 N–H and O–H groups in total. The first-order valence-electron chi connectivity index (χ1n) is 6.06. The predicted molar refractivity (Wildman–Crippen MR) is 79.8 cm³/mol. The standard InChI is InChI=1S/C17H14O2/c1-9-5-4-6-12-13(9)17(19)15-11(3)8-7-10(2)14(15)16(12)18/h4-8,18-19H,2-3H2,1H3. The molecule has 0 atom stereocenters. The number of phenols is 2. The van der Waals surface area contributed by atoms with Gasteiger partial charge in [0, 0.05) is 21.5 Å². The molecule has 3 aromatic rings. The second-order valence-electron chi connectivity index (χ2n) is 4.83. The predicted octanol–water partition coefficient (Wildman–Crippen LogP) is 2.53. The minimum absolute atomic E-state index is 0.155. The summed E-state index contributed by atoms with van der Waals surface area (Å²) in [6, 6.07) is 9.16. The fourth-order valence-corrected chi connectivity index (χ4v) is 2.67. The molecule has 3 aromatic carbocycles. The van der Waals surface area contributed by atoms with E-state index in [1.54, 1.807) is 18.2 Å². The van der Waals surface area contributed by atoms with Gasteiger partial charge in [0.25, 0.3) is 0 Å². The molecular weight excluding hydrogens is 236 g/mol. The molecule has 0 aliphatic rings. The zero-order valence-electron chi connectivity index (χ0n) is 10.7. The fourth-order valence-electron chi connectivity index (χ4n) is 2.67. The SMILES string of the molecule is C=c1ccc(=C)c2c(O)c3c(C)cccc3c(O)c12. The van der Waals surface area contributed by atoms with Crippen molar-refractivity contribution in [1.82, 2.24) is 0 Å². The summed E-state index contributed by atoms with van der Waals surface area (Å²) in [6.07, 6.45) is 0. The van der Waals surface area contributed by atoms with E-state index in [1.165, 1.54) is 0 Å². The average molecular weight is 250 g/mol. The van der Waals surface area contributed by atoms with Crippen LogP contribution in [0.2, 0.25) is 0 Å². The molecule has 0 unspecified atom stereocenters. The molecule has 0 aromatic heterocycles. The molecule has 0 saturated heterocycles. The molecule has 0 fully saturated rings. The van der Waals surface area contributed by atoms with Crippen LogP contribution in [0.1, 0.15) is 5.56 Å². The van der Waals surface area contributed by atoms with Crippen LogP contribution in [-0.4, -0.2) is 10.2 Å². The van der Waals surface area contributed by atoms with Crippen molar-refractivity contribution in [3.8, 4) is 11.5 Å². The number of fused-ring (bicyclic) bond motifs is 2. The lowest BCUT2D eigenvalue weighted by molar-refractivity contribution is 0.478. The zero-order valence-corrected chi connectivity index (χ0v) is 10.7. The van der Waals surface area contributed by atoms with Gasteiger partial charge in [-0.25, -0.2) is 0 Å². The van der Waals surface area contributed by atoms with Gasteiger partial charge in [-0.2, -0.15) is 0 Å². The number of phenolic OH excluding ortho intramolecular Hbond substituents is 2. The van der Waals surface area contributed by atoms with Gasteiger partial charge in [0.2, 0.25) is 0 Å². The molecule has 94 valence electrons. The summed E-state index contributed by atoms with van der Waals surface area (Å²) in [7, 11) is 0. The summed E-state index contributed by atoms with van der Waals surface area (Å²) in [6.45, 7) is 9.76. The van der Waals surface area contributed by atoms with Gasteiger partial charge >= 0.3 is 0 Å². The van der Waals surface area contributed by atoms with Crippen LogP contribution < -0.4 is 10.4 Å². The van der Waals surface area contributed by atoms with E-state index in [0.29, 0.717) is 32.0 Å². The van der Waals surface area contributed by atoms with E-state index in [-0.39, 0.29) is 11.5 Å². The summed E-state index contributed by atoms with van der Waals surface area (Å²) in [5.41, 5.74) is 0.918. The maximum Gasteiger partial charge on any atom is 0.132 e.